The number of nitriles is 1. The first-order valence-corrected chi connectivity index (χ1v) is 9.07. The molecule has 1 aromatic carbocycles. The van der Waals surface area contributed by atoms with Crippen LogP contribution in [0.25, 0.3) is 0 Å². The Morgan fingerprint density at radius 2 is 1.78 bits per heavy atom. The molecule has 0 amide bonds. The molecule has 0 aliphatic carbocycles. The fraction of sp³-hybridized carbons (Fsp3) is 0.476. The number of benzene rings is 1. The molecule has 2 rings (SSSR count). The molecule has 1 aromatic heterocycles. The van der Waals surface area contributed by atoms with Gasteiger partial charge >= 0.3 is 0 Å². The Hall–Kier alpha value is -2.52. The maximum atomic E-state index is 13.1. The van der Waals surface area contributed by atoms with Gasteiger partial charge in [-0.1, -0.05) is 32.9 Å². The van der Waals surface area contributed by atoms with Gasteiger partial charge < -0.3 is 10.6 Å². The monoisotopic (exact) mass is 369 g/mol. The lowest BCUT2D eigenvalue weighted by Crippen LogP contribution is -2.41. The molecular weight excluding hydrogens is 341 g/mol. The Labute approximate surface area is 161 Å². The first kappa shape index (κ1) is 20.8. The van der Waals surface area contributed by atoms with Gasteiger partial charge in [0.25, 0.3) is 0 Å². The van der Waals surface area contributed by atoms with Gasteiger partial charge in [0.2, 0.25) is 5.82 Å². The van der Waals surface area contributed by atoms with Crippen molar-refractivity contribution in [3.8, 4) is 6.07 Å². The summed E-state index contributed by atoms with van der Waals surface area (Å²) < 4.78 is 13.1. The molecule has 0 fully saturated rings. The van der Waals surface area contributed by atoms with Crippen molar-refractivity contribution in [1.82, 2.24) is 15.3 Å². The SMILES string of the molecule is CC(C)(C)CNc1nc(C#N)ncc1CNC(C)(C)Cc1ccc(F)cc1. The zero-order valence-electron chi connectivity index (χ0n) is 16.7. The number of anilines is 1. The van der Waals surface area contributed by atoms with Crippen LogP contribution in [0, 0.1) is 22.6 Å². The van der Waals surface area contributed by atoms with Gasteiger partial charge in [0, 0.05) is 30.4 Å². The Morgan fingerprint density at radius 1 is 1.11 bits per heavy atom. The second-order valence-corrected chi connectivity index (χ2v) is 8.63. The van der Waals surface area contributed by atoms with Gasteiger partial charge in [-0.2, -0.15) is 5.26 Å². The molecule has 0 spiro atoms. The minimum Gasteiger partial charge on any atom is -0.369 e. The van der Waals surface area contributed by atoms with Crippen LogP contribution in [0.1, 0.15) is 51.6 Å². The number of hydrogen-bond acceptors (Lipinski definition) is 5. The highest BCUT2D eigenvalue weighted by Gasteiger charge is 2.19. The van der Waals surface area contributed by atoms with Crippen LogP contribution < -0.4 is 10.6 Å². The third-order valence-corrected chi connectivity index (χ3v) is 4.07. The molecule has 0 saturated carbocycles. The van der Waals surface area contributed by atoms with E-state index in [1.807, 2.05) is 6.07 Å². The summed E-state index contributed by atoms with van der Waals surface area (Å²) in [6.45, 7) is 11.9. The largest absolute Gasteiger partial charge is 0.369 e. The van der Waals surface area contributed by atoms with E-state index in [4.69, 9.17) is 5.26 Å². The van der Waals surface area contributed by atoms with Crippen molar-refractivity contribution in [1.29, 1.82) is 5.26 Å². The van der Waals surface area contributed by atoms with E-state index >= 15 is 0 Å². The van der Waals surface area contributed by atoms with E-state index in [9.17, 15) is 4.39 Å². The molecule has 5 nitrogen and oxygen atoms in total. The lowest BCUT2D eigenvalue weighted by molar-refractivity contribution is 0.383. The predicted molar refractivity (Wildman–Crippen MR) is 106 cm³/mol. The van der Waals surface area contributed by atoms with Crippen molar-refractivity contribution in [3.63, 3.8) is 0 Å². The summed E-state index contributed by atoms with van der Waals surface area (Å²) in [7, 11) is 0. The molecule has 27 heavy (non-hydrogen) atoms. The molecule has 144 valence electrons. The number of aromatic nitrogens is 2. The zero-order chi connectivity index (χ0) is 20.1. The van der Waals surface area contributed by atoms with Gasteiger partial charge in [0.1, 0.15) is 17.7 Å². The fourth-order valence-corrected chi connectivity index (χ4v) is 2.60. The smallest absolute Gasteiger partial charge is 0.234 e. The normalized spacial score (nSPS) is 11.9. The Balaban J connectivity index is 2.08. The maximum Gasteiger partial charge on any atom is 0.234 e. The minimum absolute atomic E-state index is 0.0876. The Kier molecular flexibility index (Phi) is 6.50. The summed E-state index contributed by atoms with van der Waals surface area (Å²) >= 11 is 0. The molecule has 6 heteroatoms. The third-order valence-electron chi connectivity index (χ3n) is 4.07. The van der Waals surface area contributed by atoms with E-state index in [2.05, 4.69) is 55.2 Å². The number of nitrogens with one attached hydrogen (secondary N) is 2. The first-order valence-electron chi connectivity index (χ1n) is 9.07. The van der Waals surface area contributed by atoms with Crippen LogP contribution in [0.15, 0.2) is 30.5 Å². The molecule has 0 aliphatic rings. The van der Waals surface area contributed by atoms with Gasteiger partial charge in [-0.3, -0.25) is 0 Å². The zero-order valence-corrected chi connectivity index (χ0v) is 16.7. The first-order chi connectivity index (χ1) is 12.6. The van der Waals surface area contributed by atoms with Crippen LogP contribution in [0.5, 0.6) is 0 Å². The van der Waals surface area contributed by atoms with E-state index in [1.165, 1.54) is 12.1 Å². The lowest BCUT2D eigenvalue weighted by Gasteiger charge is -2.27. The third kappa shape index (κ3) is 6.95. The maximum absolute atomic E-state index is 13.1. The van der Waals surface area contributed by atoms with Gasteiger partial charge in [-0.25, -0.2) is 14.4 Å². The van der Waals surface area contributed by atoms with Gasteiger partial charge in [0.15, 0.2) is 0 Å². The number of nitrogens with zero attached hydrogens (tertiary/aromatic N) is 3. The fourth-order valence-electron chi connectivity index (χ4n) is 2.60. The van der Waals surface area contributed by atoms with E-state index in [1.54, 1.807) is 18.3 Å². The van der Waals surface area contributed by atoms with Gasteiger partial charge in [0.05, 0.1) is 0 Å². The average Bonchev–Trinajstić information content (AvgIpc) is 2.59. The van der Waals surface area contributed by atoms with Gasteiger partial charge in [-0.05, 0) is 43.4 Å². The Bertz CT molecular complexity index is 801. The molecule has 0 saturated heterocycles. The van der Waals surface area contributed by atoms with Crippen molar-refractivity contribution in [2.75, 3.05) is 11.9 Å². The van der Waals surface area contributed by atoms with E-state index in [0.29, 0.717) is 12.4 Å². The van der Waals surface area contributed by atoms with Crippen molar-refractivity contribution in [3.05, 3.63) is 53.2 Å². The van der Waals surface area contributed by atoms with Gasteiger partial charge in [-0.15, -0.1) is 0 Å². The Morgan fingerprint density at radius 3 is 2.37 bits per heavy atom. The van der Waals surface area contributed by atoms with Crippen LogP contribution in [-0.2, 0) is 13.0 Å². The summed E-state index contributed by atoms with van der Waals surface area (Å²) in [4.78, 5) is 8.43. The summed E-state index contributed by atoms with van der Waals surface area (Å²) in [6.07, 6.45) is 2.45. The number of halogens is 1. The topological polar surface area (TPSA) is 73.6 Å². The molecule has 1 heterocycles. The molecule has 0 radical (unpaired) electrons. The summed E-state index contributed by atoms with van der Waals surface area (Å²) in [5, 5.41) is 15.9. The molecule has 0 unspecified atom stereocenters. The van der Waals surface area contributed by atoms with Crippen LogP contribution >= 0.6 is 0 Å². The predicted octanol–water partition coefficient (Wildman–Crippen LogP) is 4.06. The molecular formula is C21H28FN5. The summed E-state index contributed by atoms with van der Waals surface area (Å²) in [6, 6.07) is 8.56. The molecule has 2 aromatic rings. The number of hydrogen-bond donors (Lipinski definition) is 2. The second kappa shape index (κ2) is 8.45. The van der Waals surface area contributed by atoms with Crippen molar-refractivity contribution < 1.29 is 4.39 Å². The van der Waals surface area contributed by atoms with Crippen molar-refractivity contribution >= 4 is 5.82 Å². The van der Waals surface area contributed by atoms with Crippen LogP contribution in [0.4, 0.5) is 10.2 Å². The number of rotatable bonds is 7. The van der Waals surface area contributed by atoms with Crippen molar-refractivity contribution in [2.24, 2.45) is 5.41 Å². The quantitative estimate of drug-likeness (QED) is 0.770. The van der Waals surface area contributed by atoms with Crippen LogP contribution in [0.2, 0.25) is 0 Å². The standard InChI is InChI=1S/C21H28FN5/c1-20(2,3)14-25-19-16(12-24-18(11-23)27-19)13-26-21(4,5)10-15-6-8-17(22)9-7-15/h6-9,12,26H,10,13-14H2,1-5H3,(H,24,25,27). The average molecular weight is 369 g/mol. The highest BCUT2D eigenvalue weighted by molar-refractivity contribution is 5.44. The molecule has 0 aliphatic heterocycles. The molecule has 0 atom stereocenters. The van der Waals surface area contributed by atoms with Crippen molar-refractivity contribution in [2.45, 2.75) is 53.1 Å². The molecule has 2 N–H and O–H groups in total. The highest BCUT2D eigenvalue weighted by Crippen LogP contribution is 2.19. The summed E-state index contributed by atoms with van der Waals surface area (Å²) in [5.41, 5.74) is 1.86. The summed E-state index contributed by atoms with van der Waals surface area (Å²) in [5.74, 6) is 0.607. The molecule has 0 bridgehead atoms. The second-order valence-electron chi connectivity index (χ2n) is 8.63. The lowest BCUT2D eigenvalue weighted by atomic mass is 9.94. The minimum atomic E-state index is -0.228. The van der Waals surface area contributed by atoms with E-state index < -0.39 is 0 Å². The van der Waals surface area contributed by atoms with E-state index in [-0.39, 0.29) is 22.6 Å². The van der Waals surface area contributed by atoms with Crippen LogP contribution in [-0.4, -0.2) is 22.1 Å². The van der Waals surface area contributed by atoms with E-state index in [0.717, 1.165) is 24.1 Å². The van der Waals surface area contributed by atoms with Crippen LogP contribution in [0.3, 0.4) is 0 Å². The highest BCUT2D eigenvalue weighted by atomic mass is 19.1.